The van der Waals surface area contributed by atoms with Crippen molar-refractivity contribution in [3.05, 3.63) is 65.7 Å². The molecule has 1 amide bonds. The van der Waals surface area contributed by atoms with Crippen LogP contribution in [0.4, 0.5) is 0 Å². The molecule has 2 aromatic carbocycles. The van der Waals surface area contributed by atoms with E-state index in [2.05, 4.69) is 5.32 Å². The molecule has 2 N–H and O–H groups in total. The number of amides is 1. The molecule has 1 unspecified atom stereocenters. The maximum absolute atomic E-state index is 12.4. The molecule has 1 heterocycles. The van der Waals surface area contributed by atoms with Crippen LogP contribution in [-0.4, -0.2) is 24.2 Å². The zero-order valence-corrected chi connectivity index (χ0v) is 11.5. The standard InChI is InChI=1S/C17H17NO3/c19-10-15(12-6-2-1-3-7-12)18-17(20)14-11-21-16-9-5-4-8-13(14)16/h1-9,14-15,19H,10-11H2,(H,18,20)/t14?,15-/m0/s1. The third-order valence-corrected chi connectivity index (χ3v) is 3.72. The molecular formula is C17H17NO3. The number of aliphatic hydroxyl groups excluding tert-OH is 1. The average Bonchev–Trinajstić information content (AvgIpc) is 2.97. The Hall–Kier alpha value is -2.33. The van der Waals surface area contributed by atoms with E-state index in [1.54, 1.807) is 0 Å². The third kappa shape index (κ3) is 2.76. The quantitative estimate of drug-likeness (QED) is 0.902. The van der Waals surface area contributed by atoms with E-state index in [9.17, 15) is 9.90 Å². The second kappa shape index (κ2) is 5.97. The summed E-state index contributed by atoms with van der Waals surface area (Å²) in [7, 11) is 0. The molecular weight excluding hydrogens is 266 g/mol. The number of ether oxygens (including phenoxy) is 1. The van der Waals surface area contributed by atoms with E-state index in [-0.39, 0.29) is 18.4 Å². The van der Waals surface area contributed by atoms with Crippen LogP contribution in [0, 0.1) is 0 Å². The fourth-order valence-electron chi connectivity index (χ4n) is 2.57. The van der Waals surface area contributed by atoms with Crippen LogP contribution in [0.15, 0.2) is 54.6 Å². The summed E-state index contributed by atoms with van der Waals surface area (Å²) < 4.78 is 5.53. The van der Waals surface area contributed by atoms with Gasteiger partial charge in [-0.2, -0.15) is 0 Å². The molecule has 0 fully saturated rings. The second-order valence-electron chi connectivity index (χ2n) is 5.06. The Labute approximate surface area is 123 Å². The molecule has 4 nitrogen and oxygen atoms in total. The van der Waals surface area contributed by atoms with Crippen molar-refractivity contribution in [2.45, 2.75) is 12.0 Å². The van der Waals surface area contributed by atoms with Gasteiger partial charge in [-0.05, 0) is 11.6 Å². The fraction of sp³-hybridized carbons (Fsp3) is 0.235. The molecule has 0 bridgehead atoms. The Kier molecular flexibility index (Phi) is 3.88. The molecule has 21 heavy (non-hydrogen) atoms. The lowest BCUT2D eigenvalue weighted by Crippen LogP contribution is -2.35. The van der Waals surface area contributed by atoms with Crippen LogP contribution in [0.3, 0.4) is 0 Å². The Bertz CT molecular complexity index is 627. The van der Waals surface area contributed by atoms with E-state index in [1.165, 1.54) is 0 Å². The SMILES string of the molecule is O=C(N[C@@H](CO)c1ccccc1)C1COc2ccccc21. The van der Waals surface area contributed by atoms with Gasteiger partial charge < -0.3 is 15.2 Å². The number of hydrogen-bond donors (Lipinski definition) is 2. The molecule has 2 aromatic rings. The molecule has 4 heteroatoms. The zero-order chi connectivity index (χ0) is 14.7. The molecule has 0 radical (unpaired) electrons. The Morgan fingerprint density at radius 3 is 2.67 bits per heavy atom. The first-order valence-electron chi connectivity index (χ1n) is 6.97. The van der Waals surface area contributed by atoms with Crippen LogP contribution in [0.25, 0.3) is 0 Å². The molecule has 0 spiro atoms. The smallest absolute Gasteiger partial charge is 0.231 e. The van der Waals surface area contributed by atoms with Gasteiger partial charge in [-0.3, -0.25) is 4.79 Å². The number of rotatable bonds is 4. The van der Waals surface area contributed by atoms with Crippen LogP contribution in [0.1, 0.15) is 23.1 Å². The molecule has 2 atom stereocenters. The predicted molar refractivity (Wildman–Crippen MR) is 79.1 cm³/mol. The van der Waals surface area contributed by atoms with Crippen LogP contribution >= 0.6 is 0 Å². The summed E-state index contributed by atoms with van der Waals surface area (Å²) in [6.45, 7) is 0.211. The van der Waals surface area contributed by atoms with Gasteiger partial charge in [0.1, 0.15) is 18.3 Å². The largest absolute Gasteiger partial charge is 0.492 e. The van der Waals surface area contributed by atoms with Crippen LogP contribution in [0.5, 0.6) is 5.75 Å². The molecule has 0 saturated carbocycles. The van der Waals surface area contributed by atoms with Gasteiger partial charge in [-0.1, -0.05) is 48.5 Å². The number of carbonyl (C=O) groups excluding carboxylic acids is 1. The number of nitrogens with one attached hydrogen (secondary N) is 1. The Morgan fingerprint density at radius 2 is 1.90 bits per heavy atom. The normalized spacial score (nSPS) is 17.7. The summed E-state index contributed by atoms with van der Waals surface area (Å²) in [5, 5.41) is 12.4. The van der Waals surface area contributed by atoms with Gasteiger partial charge in [0.05, 0.1) is 12.6 Å². The minimum Gasteiger partial charge on any atom is -0.492 e. The van der Waals surface area contributed by atoms with Crippen molar-refractivity contribution < 1.29 is 14.6 Å². The summed E-state index contributed by atoms with van der Waals surface area (Å²) in [5.41, 5.74) is 1.79. The number of hydrogen-bond acceptors (Lipinski definition) is 3. The number of para-hydroxylation sites is 1. The van der Waals surface area contributed by atoms with Crippen molar-refractivity contribution in [2.24, 2.45) is 0 Å². The maximum Gasteiger partial charge on any atom is 0.231 e. The summed E-state index contributed by atoms with van der Waals surface area (Å²) in [5.74, 6) is 0.319. The number of aliphatic hydroxyl groups is 1. The summed E-state index contributed by atoms with van der Waals surface area (Å²) in [6, 6.07) is 16.6. The Balaban J connectivity index is 1.75. The molecule has 108 valence electrons. The lowest BCUT2D eigenvalue weighted by atomic mass is 9.99. The van der Waals surface area contributed by atoms with Gasteiger partial charge in [0.15, 0.2) is 0 Å². The summed E-state index contributed by atoms with van der Waals surface area (Å²) >= 11 is 0. The van der Waals surface area contributed by atoms with Gasteiger partial charge in [0.25, 0.3) is 0 Å². The molecule has 0 aromatic heterocycles. The minimum absolute atomic E-state index is 0.122. The van der Waals surface area contributed by atoms with E-state index >= 15 is 0 Å². The van der Waals surface area contributed by atoms with Gasteiger partial charge in [-0.15, -0.1) is 0 Å². The highest BCUT2D eigenvalue weighted by Gasteiger charge is 2.31. The third-order valence-electron chi connectivity index (χ3n) is 3.72. The van der Waals surface area contributed by atoms with Crippen molar-refractivity contribution in [3.8, 4) is 5.75 Å². The van der Waals surface area contributed by atoms with Crippen molar-refractivity contribution in [1.82, 2.24) is 5.32 Å². The van der Waals surface area contributed by atoms with E-state index in [0.717, 1.165) is 16.9 Å². The van der Waals surface area contributed by atoms with E-state index < -0.39 is 6.04 Å². The minimum atomic E-state index is -0.397. The van der Waals surface area contributed by atoms with E-state index in [1.807, 2.05) is 54.6 Å². The van der Waals surface area contributed by atoms with Crippen LogP contribution in [-0.2, 0) is 4.79 Å². The van der Waals surface area contributed by atoms with Crippen LogP contribution in [0.2, 0.25) is 0 Å². The summed E-state index contributed by atoms with van der Waals surface area (Å²) in [4.78, 5) is 12.4. The Morgan fingerprint density at radius 1 is 1.19 bits per heavy atom. The molecule has 3 rings (SSSR count). The molecule has 1 aliphatic rings. The van der Waals surface area contributed by atoms with E-state index in [4.69, 9.17) is 4.74 Å². The predicted octanol–water partition coefficient (Wildman–Crippen LogP) is 2.01. The van der Waals surface area contributed by atoms with Crippen molar-refractivity contribution in [2.75, 3.05) is 13.2 Å². The first-order valence-corrected chi connectivity index (χ1v) is 6.97. The van der Waals surface area contributed by atoms with Gasteiger partial charge in [-0.25, -0.2) is 0 Å². The first-order chi connectivity index (χ1) is 10.3. The zero-order valence-electron chi connectivity index (χ0n) is 11.5. The molecule has 1 aliphatic heterocycles. The summed E-state index contributed by atoms with van der Waals surface area (Å²) in [6.07, 6.45) is 0. The topological polar surface area (TPSA) is 58.6 Å². The lowest BCUT2D eigenvalue weighted by Gasteiger charge is -2.19. The highest BCUT2D eigenvalue weighted by Crippen LogP contribution is 2.33. The van der Waals surface area contributed by atoms with Gasteiger partial charge in [0.2, 0.25) is 5.91 Å². The molecule has 0 aliphatic carbocycles. The number of carbonyl (C=O) groups is 1. The number of fused-ring (bicyclic) bond motifs is 1. The molecule has 0 saturated heterocycles. The highest BCUT2D eigenvalue weighted by atomic mass is 16.5. The van der Waals surface area contributed by atoms with Gasteiger partial charge in [0, 0.05) is 5.56 Å². The van der Waals surface area contributed by atoms with Crippen LogP contribution < -0.4 is 10.1 Å². The second-order valence-corrected chi connectivity index (χ2v) is 5.06. The highest BCUT2D eigenvalue weighted by molar-refractivity contribution is 5.85. The monoisotopic (exact) mass is 283 g/mol. The average molecular weight is 283 g/mol. The van der Waals surface area contributed by atoms with Crippen molar-refractivity contribution >= 4 is 5.91 Å². The van der Waals surface area contributed by atoms with Crippen molar-refractivity contribution in [1.29, 1.82) is 0 Å². The lowest BCUT2D eigenvalue weighted by molar-refractivity contribution is -0.123. The van der Waals surface area contributed by atoms with E-state index in [0.29, 0.717) is 6.61 Å². The maximum atomic E-state index is 12.4. The van der Waals surface area contributed by atoms with Gasteiger partial charge >= 0.3 is 0 Å². The van der Waals surface area contributed by atoms with Crippen molar-refractivity contribution in [3.63, 3.8) is 0 Å². The first kappa shape index (κ1) is 13.6. The number of benzene rings is 2. The fourth-order valence-corrected chi connectivity index (χ4v) is 2.57.